The van der Waals surface area contributed by atoms with Crippen molar-refractivity contribution in [3.63, 3.8) is 0 Å². The molecule has 116 valence electrons. The summed E-state index contributed by atoms with van der Waals surface area (Å²) >= 11 is 2.26. The van der Waals surface area contributed by atoms with E-state index >= 15 is 0 Å². The van der Waals surface area contributed by atoms with E-state index in [0.29, 0.717) is 12.8 Å². The fourth-order valence-electron chi connectivity index (χ4n) is 2.73. The van der Waals surface area contributed by atoms with Gasteiger partial charge in [0.1, 0.15) is 0 Å². The Morgan fingerprint density at radius 1 is 1.15 bits per heavy atom. The van der Waals surface area contributed by atoms with E-state index in [-0.39, 0.29) is 17.6 Å². The first kappa shape index (κ1) is 17.7. The minimum Gasteiger partial charge on any atom is -0.468 e. The number of ether oxygens (including phenoxy) is 3. The summed E-state index contributed by atoms with van der Waals surface area (Å²) in [4.78, 5) is 24.3. The number of hydrogen-bond acceptors (Lipinski definition) is 5. The Morgan fingerprint density at radius 3 is 2.00 bits per heavy atom. The molecule has 1 saturated carbocycles. The third-order valence-electron chi connectivity index (χ3n) is 3.54. The van der Waals surface area contributed by atoms with Crippen molar-refractivity contribution in [2.75, 3.05) is 18.6 Å². The van der Waals surface area contributed by atoms with Gasteiger partial charge in [-0.05, 0) is 33.1 Å². The second kappa shape index (κ2) is 6.60. The zero-order chi connectivity index (χ0) is 15.6. The van der Waals surface area contributed by atoms with E-state index in [1.165, 1.54) is 14.2 Å². The van der Waals surface area contributed by atoms with E-state index < -0.39 is 17.4 Å². The Labute approximate surface area is 133 Å². The first-order valence-corrected chi connectivity index (χ1v) is 8.13. The van der Waals surface area contributed by atoms with Gasteiger partial charge in [0.25, 0.3) is 0 Å². The number of carbonyl (C=O) groups excluding carboxylic acids is 2. The lowest BCUT2D eigenvalue weighted by atomic mass is 9.85. The van der Waals surface area contributed by atoms with E-state index in [9.17, 15) is 9.59 Å². The van der Waals surface area contributed by atoms with Gasteiger partial charge in [-0.2, -0.15) is 0 Å². The average Bonchev–Trinajstić information content (AvgIpc) is 2.74. The van der Waals surface area contributed by atoms with Gasteiger partial charge in [0.15, 0.2) is 5.41 Å². The molecule has 0 amide bonds. The van der Waals surface area contributed by atoms with E-state index in [0.717, 1.165) is 4.43 Å². The van der Waals surface area contributed by atoms with E-state index in [1.54, 1.807) is 0 Å². The SMILES string of the molecule is COC(=O)C1(C(=O)OC)CC(CI)C(OC(C)(C)C)C1. The first-order valence-electron chi connectivity index (χ1n) is 6.61. The summed E-state index contributed by atoms with van der Waals surface area (Å²) in [5, 5.41) is 0. The molecule has 2 unspecified atom stereocenters. The van der Waals surface area contributed by atoms with Gasteiger partial charge in [-0.3, -0.25) is 9.59 Å². The molecule has 6 heteroatoms. The van der Waals surface area contributed by atoms with Crippen molar-refractivity contribution in [3.8, 4) is 0 Å². The smallest absolute Gasteiger partial charge is 0.323 e. The molecule has 0 saturated heterocycles. The van der Waals surface area contributed by atoms with Gasteiger partial charge in [0.2, 0.25) is 0 Å². The second-order valence-corrected chi connectivity index (χ2v) is 7.04. The van der Waals surface area contributed by atoms with Crippen LogP contribution in [0.25, 0.3) is 0 Å². The fraction of sp³-hybridized carbons (Fsp3) is 0.857. The van der Waals surface area contributed by atoms with Crippen LogP contribution in [0.1, 0.15) is 33.6 Å². The topological polar surface area (TPSA) is 61.8 Å². The molecule has 5 nitrogen and oxygen atoms in total. The highest BCUT2D eigenvalue weighted by atomic mass is 127. The Morgan fingerprint density at radius 2 is 1.65 bits per heavy atom. The minimum absolute atomic E-state index is 0.132. The van der Waals surface area contributed by atoms with Gasteiger partial charge >= 0.3 is 11.9 Å². The van der Waals surface area contributed by atoms with Crippen molar-refractivity contribution in [2.24, 2.45) is 11.3 Å². The van der Waals surface area contributed by atoms with Crippen molar-refractivity contribution >= 4 is 34.5 Å². The lowest BCUT2D eigenvalue weighted by molar-refractivity contribution is -0.170. The largest absolute Gasteiger partial charge is 0.468 e. The molecule has 1 rings (SSSR count). The molecule has 0 spiro atoms. The van der Waals surface area contributed by atoms with Crippen LogP contribution < -0.4 is 0 Å². The molecular formula is C14H23IO5. The molecule has 0 N–H and O–H groups in total. The third-order valence-corrected chi connectivity index (χ3v) is 4.67. The highest BCUT2D eigenvalue weighted by Gasteiger charge is 2.57. The van der Waals surface area contributed by atoms with Crippen molar-refractivity contribution in [1.82, 2.24) is 0 Å². The van der Waals surface area contributed by atoms with Crippen LogP contribution in [0, 0.1) is 11.3 Å². The summed E-state index contributed by atoms with van der Waals surface area (Å²) < 4.78 is 16.5. The number of alkyl halides is 1. The predicted octanol–water partition coefficient (Wildman–Crippen LogP) is 2.35. The van der Waals surface area contributed by atoms with Crippen molar-refractivity contribution in [3.05, 3.63) is 0 Å². The zero-order valence-corrected chi connectivity index (χ0v) is 14.9. The van der Waals surface area contributed by atoms with Gasteiger partial charge in [-0.1, -0.05) is 22.6 Å². The summed E-state index contributed by atoms with van der Waals surface area (Å²) in [6.07, 6.45) is 0.581. The molecule has 20 heavy (non-hydrogen) atoms. The molecule has 1 aliphatic carbocycles. The van der Waals surface area contributed by atoms with E-state index in [1.807, 2.05) is 20.8 Å². The molecule has 0 heterocycles. The van der Waals surface area contributed by atoms with Crippen LogP contribution in [0.3, 0.4) is 0 Å². The summed E-state index contributed by atoms with van der Waals surface area (Å²) in [6, 6.07) is 0. The average molecular weight is 398 g/mol. The summed E-state index contributed by atoms with van der Waals surface area (Å²) in [6.45, 7) is 5.90. The number of hydrogen-bond donors (Lipinski definition) is 0. The second-order valence-electron chi connectivity index (χ2n) is 6.16. The van der Waals surface area contributed by atoms with Gasteiger partial charge in [-0.15, -0.1) is 0 Å². The zero-order valence-electron chi connectivity index (χ0n) is 12.7. The normalized spacial score (nSPS) is 25.3. The van der Waals surface area contributed by atoms with E-state index in [2.05, 4.69) is 22.6 Å². The van der Waals surface area contributed by atoms with Crippen molar-refractivity contribution in [1.29, 1.82) is 0 Å². The molecule has 1 fully saturated rings. The number of esters is 2. The molecule has 0 aromatic carbocycles. The summed E-state index contributed by atoms with van der Waals surface area (Å²) in [5.41, 5.74) is -1.55. The van der Waals surface area contributed by atoms with Crippen molar-refractivity contribution in [2.45, 2.75) is 45.3 Å². The Kier molecular flexibility index (Phi) is 5.83. The van der Waals surface area contributed by atoms with Gasteiger partial charge in [0.05, 0.1) is 25.9 Å². The molecule has 1 aliphatic rings. The predicted molar refractivity (Wildman–Crippen MR) is 82.7 cm³/mol. The summed E-state index contributed by atoms with van der Waals surface area (Å²) in [7, 11) is 2.59. The quantitative estimate of drug-likeness (QED) is 0.315. The monoisotopic (exact) mass is 398 g/mol. The fourth-order valence-corrected chi connectivity index (χ4v) is 3.60. The molecule has 0 aromatic rings. The maximum atomic E-state index is 12.1. The Hall–Kier alpha value is -0.370. The van der Waals surface area contributed by atoms with Crippen LogP contribution in [-0.4, -0.2) is 42.3 Å². The van der Waals surface area contributed by atoms with E-state index in [4.69, 9.17) is 14.2 Å². The molecule has 0 radical (unpaired) electrons. The van der Waals surface area contributed by atoms with Crippen LogP contribution in [-0.2, 0) is 23.8 Å². The summed E-state index contributed by atoms with van der Waals surface area (Å²) in [5.74, 6) is -0.925. The molecular weight excluding hydrogens is 375 g/mol. The van der Waals surface area contributed by atoms with Crippen LogP contribution >= 0.6 is 22.6 Å². The molecule has 2 atom stereocenters. The molecule has 0 bridgehead atoms. The van der Waals surface area contributed by atoms with Gasteiger partial charge in [0, 0.05) is 10.8 Å². The third kappa shape index (κ3) is 3.63. The lowest BCUT2D eigenvalue weighted by Gasteiger charge is -2.28. The van der Waals surface area contributed by atoms with Crippen LogP contribution in [0.4, 0.5) is 0 Å². The number of methoxy groups -OCH3 is 2. The van der Waals surface area contributed by atoms with Crippen molar-refractivity contribution < 1.29 is 23.8 Å². The highest BCUT2D eigenvalue weighted by Crippen LogP contribution is 2.47. The lowest BCUT2D eigenvalue weighted by Crippen LogP contribution is -2.40. The Balaban J connectivity index is 3.05. The molecule has 0 aromatic heterocycles. The molecule has 0 aliphatic heterocycles. The van der Waals surface area contributed by atoms with Crippen LogP contribution in [0.2, 0.25) is 0 Å². The number of rotatable bonds is 4. The Bertz CT molecular complexity index is 358. The van der Waals surface area contributed by atoms with Crippen LogP contribution in [0.5, 0.6) is 0 Å². The highest BCUT2D eigenvalue weighted by molar-refractivity contribution is 14.1. The maximum absolute atomic E-state index is 12.1. The van der Waals surface area contributed by atoms with Gasteiger partial charge in [-0.25, -0.2) is 0 Å². The van der Waals surface area contributed by atoms with Crippen LogP contribution in [0.15, 0.2) is 0 Å². The first-order chi connectivity index (χ1) is 9.20. The standard InChI is InChI=1S/C14H23IO5/c1-13(2,3)20-10-7-14(11(16)18-4,12(17)19-5)6-9(10)8-15/h9-10H,6-8H2,1-5H3. The van der Waals surface area contributed by atoms with Gasteiger partial charge < -0.3 is 14.2 Å². The maximum Gasteiger partial charge on any atom is 0.323 e. The number of halogens is 1. The minimum atomic E-state index is -1.23. The number of carbonyl (C=O) groups is 2.